The summed E-state index contributed by atoms with van der Waals surface area (Å²) in [7, 11) is 0. The molecule has 0 aliphatic carbocycles. The van der Waals surface area contributed by atoms with Gasteiger partial charge >= 0.3 is 0 Å². The predicted octanol–water partition coefficient (Wildman–Crippen LogP) is 1.97. The summed E-state index contributed by atoms with van der Waals surface area (Å²) in [4.78, 5) is 11.5. The minimum atomic E-state index is -0.399. The molecule has 0 aromatic carbocycles. The van der Waals surface area contributed by atoms with Gasteiger partial charge in [-0.2, -0.15) is 0 Å². The Labute approximate surface area is 77.3 Å². The Morgan fingerprint density at radius 2 is 2.15 bits per heavy atom. The first-order valence-electron chi connectivity index (χ1n) is 4.14. The van der Waals surface area contributed by atoms with Gasteiger partial charge in [0, 0.05) is 5.41 Å². The van der Waals surface area contributed by atoms with E-state index in [-0.39, 0.29) is 5.91 Å². The van der Waals surface area contributed by atoms with Crippen LogP contribution in [0.2, 0.25) is 0 Å². The molecular formula is C9H14N2O2. The van der Waals surface area contributed by atoms with E-state index in [4.69, 9.17) is 4.52 Å². The topological polar surface area (TPSA) is 55.1 Å². The van der Waals surface area contributed by atoms with E-state index in [9.17, 15) is 4.79 Å². The van der Waals surface area contributed by atoms with Gasteiger partial charge in [-0.15, -0.1) is 0 Å². The predicted molar refractivity (Wildman–Crippen MR) is 49.3 cm³/mol. The number of aromatic nitrogens is 1. The minimum absolute atomic E-state index is 0.0428. The molecule has 0 saturated heterocycles. The molecule has 1 N–H and O–H groups in total. The highest BCUT2D eigenvalue weighted by Gasteiger charge is 2.22. The van der Waals surface area contributed by atoms with E-state index in [1.807, 2.05) is 20.8 Å². The molecule has 4 heteroatoms. The summed E-state index contributed by atoms with van der Waals surface area (Å²) in [6.07, 6.45) is 1.50. The number of carbonyl (C=O) groups is 1. The van der Waals surface area contributed by atoms with E-state index in [1.54, 1.807) is 6.92 Å². The maximum absolute atomic E-state index is 11.5. The van der Waals surface area contributed by atoms with Crippen molar-refractivity contribution in [2.24, 2.45) is 5.41 Å². The molecule has 0 spiro atoms. The van der Waals surface area contributed by atoms with Crippen LogP contribution < -0.4 is 5.32 Å². The lowest BCUT2D eigenvalue weighted by Gasteiger charge is -2.16. The Bertz CT molecular complexity index is 310. The maximum atomic E-state index is 11.5. The zero-order chi connectivity index (χ0) is 10.1. The van der Waals surface area contributed by atoms with Crippen molar-refractivity contribution in [2.45, 2.75) is 27.7 Å². The van der Waals surface area contributed by atoms with E-state index in [0.29, 0.717) is 11.4 Å². The quantitative estimate of drug-likeness (QED) is 0.722. The molecule has 0 radical (unpaired) electrons. The van der Waals surface area contributed by atoms with Crippen LogP contribution >= 0.6 is 0 Å². The molecule has 0 aliphatic rings. The Morgan fingerprint density at radius 1 is 1.54 bits per heavy atom. The number of hydrogen-bond acceptors (Lipinski definition) is 3. The van der Waals surface area contributed by atoms with Gasteiger partial charge in [-0.05, 0) is 6.92 Å². The molecule has 0 aliphatic heterocycles. The highest BCUT2D eigenvalue weighted by Crippen LogP contribution is 2.19. The van der Waals surface area contributed by atoms with Gasteiger partial charge in [0.1, 0.15) is 5.69 Å². The fourth-order valence-corrected chi connectivity index (χ4v) is 0.728. The summed E-state index contributed by atoms with van der Waals surface area (Å²) >= 11 is 0. The average Bonchev–Trinajstić information content (AvgIpc) is 2.34. The zero-order valence-electron chi connectivity index (χ0n) is 8.34. The number of nitrogens with one attached hydrogen (secondary N) is 1. The third-order valence-corrected chi connectivity index (χ3v) is 1.68. The van der Waals surface area contributed by atoms with E-state index in [1.165, 1.54) is 6.20 Å². The van der Waals surface area contributed by atoms with Crippen molar-refractivity contribution in [3.8, 4) is 0 Å². The zero-order valence-corrected chi connectivity index (χ0v) is 8.34. The molecule has 1 aromatic rings. The molecule has 1 heterocycles. The molecule has 0 fully saturated rings. The third-order valence-electron chi connectivity index (χ3n) is 1.68. The molecule has 72 valence electrons. The Balaban J connectivity index is 2.71. The van der Waals surface area contributed by atoms with Gasteiger partial charge in [0.2, 0.25) is 5.91 Å². The highest BCUT2D eigenvalue weighted by molar-refractivity contribution is 5.94. The summed E-state index contributed by atoms with van der Waals surface area (Å²) < 4.78 is 4.81. The van der Waals surface area contributed by atoms with Crippen LogP contribution in [0.4, 0.5) is 5.69 Å². The lowest BCUT2D eigenvalue weighted by Crippen LogP contribution is -2.27. The number of amides is 1. The number of aryl methyl sites for hydroxylation is 1. The fourth-order valence-electron chi connectivity index (χ4n) is 0.728. The van der Waals surface area contributed by atoms with Crippen LogP contribution in [-0.4, -0.2) is 11.1 Å². The van der Waals surface area contributed by atoms with Crippen molar-refractivity contribution in [1.29, 1.82) is 0 Å². The molecule has 1 aromatic heterocycles. The molecule has 0 atom stereocenters. The SMILES string of the molecule is Cc1oncc1NC(=O)C(C)(C)C. The van der Waals surface area contributed by atoms with Gasteiger partial charge in [-0.25, -0.2) is 0 Å². The second kappa shape index (κ2) is 3.20. The molecule has 1 amide bonds. The largest absolute Gasteiger partial charge is 0.359 e. The van der Waals surface area contributed by atoms with Gasteiger partial charge < -0.3 is 9.84 Å². The van der Waals surface area contributed by atoms with Crippen molar-refractivity contribution >= 4 is 11.6 Å². The molecule has 1 rings (SSSR count). The monoisotopic (exact) mass is 182 g/mol. The lowest BCUT2D eigenvalue weighted by atomic mass is 9.95. The maximum Gasteiger partial charge on any atom is 0.229 e. The van der Waals surface area contributed by atoms with Crippen molar-refractivity contribution in [1.82, 2.24) is 5.16 Å². The lowest BCUT2D eigenvalue weighted by molar-refractivity contribution is -0.123. The first-order valence-corrected chi connectivity index (χ1v) is 4.14. The Hall–Kier alpha value is -1.32. The summed E-state index contributed by atoms with van der Waals surface area (Å²) in [6, 6.07) is 0. The minimum Gasteiger partial charge on any atom is -0.359 e. The first kappa shape index (κ1) is 9.77. The van der Waals surface area contributed by atoms with E-state index in [2.05, 4.69) is 10.5 Å². The number of nitrogens with zero attached hydrogens (tertiary/aromatic N) is 1. The molecule has 0 saturated carbocycles. The Morgan fingerprint density at radius 3 is 2.54 bits per heavy atom. The summed E-state index contributed by atoms with van der Waals surface area (Å²) in [5.74, 6) is 0.580. The van der Waals surface area contributed by atoms with E-state index >= 15 is 0 Å². The average molecular weight is 182 g/mol. The van der Waals surface area contributed by atoms with E-state index < -0.39 is 5.41 Å². The van der Waals surface area contributed by atoms with Gasteiger partial charge in [0.25, 0.3) is 0 Å². The van der Waals surface area contributed by atoms with Gasteiger partial charge in [0.15, 0.2) is 5.76 Å². The van der Waals surface area contributed by atoms with Crippen LogP contribution in [-0.2, 0) is 4.79 Å². The van der Waals surface area contributed by atoms with Crippen LogP contribution in [0.5, 0.6) is 0 Å². The van der Waals surface area contributed by atoms with Crippen LogP contribution in [0.25, 0.3) is 0 Å². The smallest absolute Gasteiger partial charge is 0.229 e. The van der Waals surface area contributed by atoms with Crippen molar-refractivity contribution in [3.05, 3.63) is 12.0 Å². The molecule has 0 unspecified atom stereocenters. The van der Waals surface area contributed by atoms with Crippen LogP contribution in [0.15, 0.2) is 10.7 Å². The highest BCUT2D eigenvalue weighted by atomic mass is 16.5. The van der Waals surface area contributed by atoms with Crippen LogP contribution in [0, 0.1) is 12.3 Å². The number of rotatable bonds is 1. The molecule has 4 nitrogen and oxygen atoms in total. The van der Waals surface area contributed by atoms with Crippen LogP contribution in [0.3, 0.4) is 0 Å². The van der Waals surface area contributed by atoms with Crippen molar-refractivity contribution in [3.63, 3.8) is 0 Å². The Kier molecular flexibility index (Phi) is 2.40. The van der Waals surface area contributed by atoms with Gasteiger partial charge in [0.05, 0.1) is 6.20 Å². The molecule has 13 heavy (non-hydrogen) atoms. The number of anilines is 1. The number of carbonyl (C=O) groups excluding carboxylic acids is 1. The normalized spacial score (nSPS) is 11.4. The summed E-state index contributed by atoms with van der Waals surface area (Å²) in [5.41, 5.74) is 0.240. The summed E-state index contributed by atoms with van der Waals surface area (Å²) in [6.45, 7) is 7.31. The first-order chi connectivity index (χ1) is 5.91. The summed E-state index contributed by atoms with van der Waals surface area (Å²) in [5, 5.41) is 6.30. The fraction of sp³-hybridized carbons (Fsp3) is 0.556. The third kappa shape index (κ3) is 2.31. The molecular weight excluding hydrogens is 168 g/mol. The van der Waals surface area contributed by atoms with Gasteiger partial charge in [-0.3, -0.25) is 4.79 Å². The molecule has 0 bridgehead atoms. The van der Waals surface area contributed by atoms with Crippen LogP contribution in [0.1, 0.15) is 26.5 Å². The number of hydrogen-bond donors (Lipinski definition) is 1. The van der Waals surface area contributed by atoms with E-state index in [0.717, 1.165) is 0 Å². The van der Waals surface area contributed by atoms with Crippen molar-refractivity contribution < 1.29 is 9.32 Å². The second-order valence-corrected chi connectivity index (χ2v) is 4.00. The standard InChI is InChI=1S/C9H14N2O2/c1-6-7(5-10-13-6)11-8(12)9(2,3)4/h5H,1-4H3,(H,11,12). The second-order valence-electron chi connectivity index (χ2n) is 4.00. The van der Waals surface area contributed by atoms with Gasteiger partial charge in [-0.1, -0.05) is 25.9 Å². The van der Waals surface area contributed by atoms with Crippen molar-refractivity contribution in [2.75, 3.05) is 5.32 Å².